The molecule has 2 aromatic carbocycles. The van der Waals surface area contributed by atoms with Crippen LogP contribution in [0, 0.1) is 6.92 Å². The minimum atomic E-state index is -5.73. The molecular weight excluding hydrogens is 634 g/mol. The van der Waals surface area contributed by atoms with Crippen LogP contribution in [0.3, 0.4) is 0 Å². The molecule has 0 spiro atoms. The van der Waals surface area contributed by atoms with Gasteiger partial charge < -0.3 is 0 Å². The Balaban J connectivity index is 3.03. The van der Waals surface area contributed by atoms with Crippen LogP contribution in [0.25, 0.3) is 0 Å². The number of aryl methyl sites for hydroxylation is 1. The monoisotopic (exact) mass is 662 g/mol. The number of carbonyl (C=O) groups excluding carboxylic acids is 2. The topological polar surface area (TPSA) is 34.1 Å². The molecule has 0 heterocycles. The zero-order valence-electron chi connectivity index (χ0n) is 20.9. The number of unbranched alkanes of at least 4 members (excludes halogenated alkanes) is 2. The van der Waals surface area contributed by atoms with E-state index in [0.29, 0.717) is 37.1 Å². The van der Waals surface area contributed by atoms with Gasteiger partial charge in [0.15, 0.2) is 0 Å². The van der Waals surface area contributed by atoms with Crippen molar-refractivity contribution < 1.29 is 49.1 Å². The molecule has 0 aromatic heterocycles. The molecule has 38 heavy (non-hydrogen) atoms. The third kappa shape index (κ3) is 6.74. The molecular formula is C26H27F9O2Sn. The second kappa shape index (κ2) is 12.0. The maximum atomic E-state index is 14.1. The van der Waals surface area contributed by atoms with Gasteiger partial charge in [-0.3, -0.25) is 0 Å². The molecule has 2 rings (SSSR count). The Kier molecular flexibility index (Phi) is 10.2. The van der Waals surface area contributed by atoms with Crippen molar-refractivity contribution in [2.75, 3.05) is 0 Å². The fourth-order valence-electron chi connectivity index (χ4n) is 4.59. The predicted octanol–water partition coefficient (Wildman–Crippen LogP) is 9.24. The fourth-order valence-corrected chi connectivity index (χ4v) is 18.4. The summed E-state index contributed by atoms with van der Waals surface area (Å²) in [5, 5.41) is 0. The molecule has 0 aliphatic rings. The Morgan fingerprint density at radius 3 is 1.34 bits per heavy atom. The molecule has 0 aliphatic carbocycles. The van der Waals surface area contributed by atoms with Crippen molar-refractivity contribution in [2.45, 2.75) is 73.9 Å². The first-order valence-electron chi connectivity index (χ1n) is 12.0. The normalized spacial score (nSPS) is 13.1. The van der Waals surface area contributed by atoms with Gasteiger partial charge in [0.2, 0.25) is 0 Å². The average molecular weight is 661 g/mol. The third-order valence-corrected chi connectivity index (χ3v) is 19.8. The first-order valence-corrected chi connectivity index (χ1v) is 18.9. The van der Waals surface area contributed by atoms with Crippen LogP contribution in [0.4, 0.5) is 39.5 Å². The molecule has 0 fully saturated rings. The van der Waals surface area contributed by atoms with Crippen LogP contribution in [-0.2, 0) is 18.5 Å². The van der Waals surface area contributed by atoms with E-state index in [-0.39, 0.29) is 27.3 Å². The summed E-state index contributed by atoms with van der Waals surface area (Å²) in [6.07, 6.45) is -14.9. The van der Waals surface area contributed by atoms with Crippen molar-refractivity contribution in [3.05, 3.63) is 69.8 Å². The summed E-state index contributed by atoms with van der Waals surface area (Å²) in [5.41, 5.74) is -7.70. The summed E-state index contributed by atoms with van der Waals surface area (Å²) in [7, 11) is 0. The molecule has 0 saturated heterocycles. The Hall–Kier alpha value is -2.05. The molecule has 0 bridgehead atoms. The van der Waals surface area contributed by atoms with Gasteiger partial charge in [0.1, 0.15) is 0 Å². The van der Waals surface area contributed by atoms with E-state index in [1.807, 2.05) is 0 Å². The van der Waals surface area contributed by atoms with Gasteiger partial charge in [-0.25, -0.2) is 0 Å². The van der Waals surface area contributed by atoms with Gasteiger partial charge in [-0.2, -0.15) is 0 Å². The van der Waals surface area contributed by atoms with Gasteiger partial charge in [-0.05, 0) is 0 Å². The Morgan fingerprint density at radius 1 is 0.632 bits per heavy atom. The second-order valence-corrected chi connectivity index (χ2v) is 20.8. The zero-order chi connectivity index (χ0) is 29.1. The average Bonchev–Trinajstić information content (AvgIpc) is 2.81. The Morgan fingerprint density at radius 2 is 0.974 bits per heavy atom. The molecule has 12 heteroatoms. The van der Waals surface area contributed by atoms with E-state index in [4.69, 9.17) is 0 Å². The van der Waals surface area contributed by atoms with E-state index >= 15 is 0 Å². The number of hydrogen-bond donors (Lipinski definition) is 0. The third-order valence-electron chi connectivity index (χ3n) is 6.49. The summed E-state index contributed by atoms with van der Waals surface area (Å²) in [5.74, 6) is 0. The van der Waals surface area contributed by atoms with Crippen LogP contribution in [0.2, 0.25) is 8.87 Å². The van der Waals surface area contributed by atoms with E-state index in [0.717, 1.165) is 6.07 Å². The number of benzene rings is 2. The van der Waals surface area contributed by atoms with Gasteiger partial charge in [0.05, 0.1) is 0 Å². The predicted molar refractivity (Wildman–Crippen MR) is 126 cm³/mol. The van der Waals surface area contributed by atoms with Crippen LogP contribution < -0.4 is 0 Å². The van der Waals surface area contributed by atoms with Crippen LogP contribution in [0.1, 0.15) is 82.5 Å². The number of carbonyl (C=O) groups is 2. The molecule has 0 amide bonds. The van der Waals surface area contributed by atoms with Gasteiger partial charge in [-0.15, -0.1) is 0 Å². The summed E-state index contributed by atoms with van der Waals surface area (Å²) in [6.45, 7) is 4.49. The summed E-state index contributed by atoms with van der Waals surface area (Å²) < 4.78 is 122. The van der Waals surface area contributed by atoms with Gasteiger partial charge in [0, 0.05) is 0 Å². The first kappa shape index (κ1) is 32.2. The first-order chi connectivity index (χ1) is 17.4. The summed E-state index contributed by atoms with van der Waals surface area (Å²) in [6, 6.07) is 4.06. The molecule has 210 valence electrons. The minimum absolute atomic E-state index is 0.0973. The molecule has 0 atom stereocenters. The van der Waals surface area contributed by atoms with Crippen LogP contribution in [0.15, 0.2) is 36.4 Å². The van der Waals surface area contributed by atoms with E-state index in [2.05, 4.69) is 0 Å². The number of hydrogen-bond acceptors (Lipinski definition) is 2. The molecule has 0 unspecified atom stereocenters. The van der Waals surface area contributed by atoms with Crippen molar-refractivity contribution >= 4 is 26.0 Å². The van der Waals surface area contributed by atoms with Crippen molar-refractivity contribution in [3.63, 3.8) is 0 Å². The standard InChI is InChI=1S/C9H3F6O.C9H6F3O.2C4H9.Sn/c10-8(11,12)6-2-1-3-7(5(6)4-16)9(13,14)15;1-6-3-2-4-8(7(6)5-13)9(10,11)12;2*1-3-4-2;/h1-3H;2-4H,1H3;2*1,3-4H2,2H3;. The van der Waals surface area contributed by atoms with Gasteiger partial charge >= 0.3 is 219 Å². The van der Waals surface area contributed by atoms with E-state index in [9.17, 15) is 49.1 Å². The zero-order valence-corrected chi connectivity index (χ0v) is 23.8. The molecule has 0 radical (unpaired) electrons. The number of rotatable bonds is 10. The van der Waals surface area contributed by atoms with E-state index in [1.54, 1.807) is 13.8 Å². The Bertz CT molecular complexity index is 1120. The molecule has 2 aromatic rings. The second-order valence-electron chi connectivity index (χ2n) is 9.17. The van der Waals surface area contributed by atoms with Crippen LogP contribution >= 0.6 is 0 Å². The van der Waals surface area contributed by atoms with Crippen molar-refractivity contribution in [1.29, 1.82) is 0 Å². The van der Waals surface area contributed by atoms with E-state index < -0.39 is 72.3 Å². The fraction of sp³-hybridized carbons (Fsp3) is 0.462. The van der Waals surface area contributed by atoms with Crippen molar-refractivity contribution in [3.8, 4) is 0 Å². The van der Waals surface area contributed by atoms with E-state index in [1.165, 1.54) is 13.0 Å². The maximum absolute atomic E-state index is 14.1. The van der Waals surface area contributed by atoms with Crippen molar-refractivity contribution in [2.24, 2.45) is 0 Å². The molecule has 0 N–H and O–H groups in total. The van der Waals surface area contributed by atoms with Gasteiger partial charge in [-0.1, -0.05) is 0 Å². The SMILES string of the molecule is CCC[CH2][Sn]([CH2]CCC)([C](=O)c1c(C)cccc1C(F)(F)F)[C](=O)c1c(C(F)(F)F)cccc1C(F)(F)F. The van der Waals surface area contributed by atoms with Crippen LogP contribution in [-0.4, -0.2) is 26.0 Å². The Labute approximate surface area is 218 Å². The molecule has 2 nitrogen and oxygen atoms in total. The van der Waals surface area contributed by atoms with Crippen molar-refractivity contribution in [1.82, 2.24) is 0 Å². The molecule has 0 saturated carbocycles. The quantitative estimate of drug-likeness (QED) is 0.188. The van der Waals surface area contributed by atoms with Gasteiger partial charge in [0.25, 0.3) is 0 Å². The van der Waals surface area contributed by atoms with Crippen LogP contribution in [0.5, 0.6) is 0 Å². The number of alkyl halides is 9. The number of halogens is 9. The summed E-state index contributed by atoms with van der Waals surface area (Å²) >= 11 is -5.73. The summed E-state index contributed by atoms with van der Waals surface area (Å²) in [4.78, 5) is 28.2. The molecule has 0 aliphatic heterocycles.